The molecule has 2 aliphatic heterocycles. The van der Waals surface area contributed by atoms with Crippen molar-refractivity contribution in [2.45, 2.75) is 94.9 Å². The number of hydrogen-bond acceptors (Lipinski definition) is 12. The lowest BCUT2D eigenvalue weighted by atomic mass is 10.00. The van der Waals surface area contributed by atoms with Crippen LogP contribution in [0.1, 0.15) is 44.7 Å². The van der Waals surface area contributed by atoms with Gasteiger partial charge in [-0.3, -0.25) is 38.4 Å². The number of rotatable bonds is 8. The van der Waals surface area contributed by atoms with Crippen LogP contribution >= 0.6 is 0 Å². The van der Waals surface area contributed by atoms with E-state index in [1.807, 2.05) is 6.07 Å². The summed E-state index contributed by atoms with van der Waals surface area (Å²) in [5, 5.41) is 58.7. The van der Waals surface area contributed by atoms with E-state index in [9.17, 15) is 58.8 Å². The smallest absolute Gasteiger partial charge is 0.246 e. The number of hydrogen-bond donors (Lipinski definition) is 12. The largest absolute Gasteiger partial charge is 0.508 e. The predicted molar refractivity (Wildman–Crippen MR) is 224 cm³/mol. The third kappa shape index (κ3) is 12.1. The quantitative estimate of drug-likeness (QED) is 0.106. The van der Waals surface area contributed by atoms with Gasteiger partial charge < -0.3 is 67.5 Å². The number of aromatic nitrogens is 1. The minimum Gasteiger partial charge on any atom is -0.508 e. The summed E-state index contributed by atoms with van der Waals surface area (Å²) in [4.78, 5) is 114. The van der Waals surface area contributed by atoms with E-state index in [0.29, 0.717) is 17.5 Å². The molecule has 63 heavy (non-hydrogen) atoms. The number of phenols is 1. The van der Waals surface area contributed by atoms with Crippen LogP contribution in [0.4, 0.5) is 0 Å². The number of aromatic amines is 1. The molecule has 2 fully saturated rings. The molecule has 21 heteroatoms. The Hall–Kier alpha value is -6.58. The molecule has 8 atom stereocenters. The fourth-order valence-corrected chi connectivity index (χ4v) is 7.46. The molecular formula is C42H55N9O12. The SMILES string of the molecule is CC(C)C1NC(=O)CNC(=O)C(CO)NC(=O)C(CO)NC(=O)C2CCCN2C(=O)C(Cc2ccc(O)cc2)NC(=O)C(Cc2c[nH]c3ccccc23)NC(=O)C(C(C)O)NC1=O. The highest BCUT2D eigenvalue weighted by atomic mass is 16.3. The summed E-state index contributed by atoms with van der Waals surface area (Å²) in [7, 11) is 0. The molecule has 0 saturated carbocycles. The standard InChI is InChI=1S/C42H55N9O12/c1-21(2)34-40(61)50-35(22(3)54)41(62)45-28(16-24-17-43-27-8-5-4-7-26(24)27)37(58)46-29(15-23-10-12-25(55)13-11-23)42(63)51-14-6-9-32(51)39(60)48-31(20-53)38(59)47-30(19-52)36(57)44-18-33(56)49-34/h4-5,7-8,10-13,17,21-22,28-32,34-35,43,52-55H,6,9,14-16,18-20H2,1-3H3,(H,44,57)(H,45,62)(H,46,58)(H,47,59)(H,48,60)(H,49,56)(H,50,61). The van der Waals surface area contributed by atoms with Crippen molar-refractivity contribution in [1.82, 2.24) is 47.1 Å². The summed E-state index contributed by atoms with van der Waals surface area (Å²) >= 11 is 0. The van der Waals surface area contributed by atoms with Crippen LogP contribution in [0.15, 0.2) is 54.7 Å². The average molecular weight is 878 g/mol. The first-order valence-corrected chi connectivity index (χ1v) is 20.6. The molecule has 2 saturated heterocycles. The topological polar surface area (TPSA) is 321 Å². The van der Waals surface area contributed by atoms with Crippen molar-refractivity contribution in [3.05, 3.63) is 65.9 Å². The summed E-state index contributed by atoms with van der Waals surface area (Å²) < 4.78 is 0. The van der Waals surface area contributed by atoms with E-state index in [1.165, 1.54) is 36.1 Å². The number of amides is 8. The van der Waals surface area contributed by atoms with Crippen molar-refractivity contribution < 1.29 is 58.8 Å². The highest BCUT2D eigenvalue weighted by Crippen LogP contribution is 2.22. The van der Waals surface area contributed by atoms with Gasteiger partial charge in [0.15, 0.2) is 0 Å². The average Bonchev–Trinajstić information content (AvgIpc) is 3.92. The van der Waals surface area contributed by atoms with Gasteiger partial charge in [0.1, 0.15) is 48.0 Å². The van der Waals surface area contributed by atoms with Crippen molar-refractivity contribution in [1.29, 1.82) is 0 Å². The lowest BCUT2D eigenvalue weighted by Crippen LogP contribution is -2.62. The number of nitrogens with zero attached hydrogens (tertiary/aromatic N) is 1. The second kappa shape index (κ2) is 21.5. The Balaban J connectivity index is 1.55. The van der Waals surface area contributed by atoms with E-state index in [1.54, 1.807) is 38.2 Å². The number of para-hydroxylation sites is 1. The van der Waals surface area contributed by atoms with Crippen molar-refractivity contribution in [3.63, 3.8) is 0 Å². The van der Waals surface area contributed by atoms with Crippen molar-refractivity contribution in [2.75, 3.05) is 26.3 Å². The third-order valence-electron chi connectivity index (χ3n) is 10.9. The van der Waals surface area contributed by atoms with Gasteiger partial charge >= 0.3 is 0 Å². The molecule has 8 amide bonds. The van der Waals surface area contributed by atoms with Gasteiger partial charge in [0, 0.05) is 36.5 Å². The van der Waals surface area contributed by atoms with Crippen LogP contribution in [0.5, 0.6) is 5.75 Å². The molecule has 0 aliphatic carbocycles. The zero-order valence-corrected chi connectivity index (χ0v) is 35.1. The van der Waals surface area contributed by atoms with Crippen LogP contribution in [0.3, 0.4) is 0 Å². The number of benzene rings is 2. The number of nitrogens with one attached hydrogen (secondary N) is 8. The lowest BCUT2D eigenvalue weighted by molar-refractivity contribution is -0.143. The molecule has 340 valence electrons. The van der Waals surface area contributed by atoms with E-state index in [4.69, 9.17) is 0 Å². The molecule has 21 nitrogen and oxygen atoms in total. The molecule has 0 radical (unpaired) electrons. The zero-order chi connectivity index (χ0) is 46.0. The number of fused-ring (bicyclic) bond motifs is 2. The Morgan fingerprint density at radius 2 is 1.27 bits per heavy atom. The van der Waals surface area contributed by atoms with Crippen molar-refractivity contribution >= 4 is 58.2 Å². The molecule has 0 spiro atoms. The number of aliphatic hydroxyl groups excluding tert-OH is 3. The van der Waals surface area contributed by atoms with Crippen LogP contribution < -0.4 is 37.2 Å². The molecule has 8 unspecified atom stereocenters. The van der Waals surface area contributed by atoms with Gasteiger partial charge in [-0.25, -0.2) is 0 Å². The first kappa shape index (κ1) is 47.5. The van der Waals surface area contributed by atoms with Gasteiger partial charge in [0.25, 0.3) is 0 Å². The highest BCUT2D eigenvalue weighted by molar-refractivity contribution is 5.99. The van der Waals surface area contributed by atoms with Gasteiger partial charge in [-0.15, -0.1) is 0 Å². The number of carbonyl (C=O) groups excluding carboxylic acids is 8. The molecule has 0 bridgehead atoms. The second-order valence-corrected chi connectivity index (χ2v) is 16.0. The normalized spacial score (nSPS) is 25.8. The first-order valence-electron chi connectivity index (χ1n) is 20.6. The van der Waals surface area contributed by atoms with Gasteiger partial charge in [-0.1, -0.05) is 44.2 Å². The fourth-order valence-electron chi connectivity index (χ4n) is 7.46. The number of carbonyl (C=O) groups is 8. The summed E-state index contributed by atoms with van der Waals surface area (Å²) in [5.41, 5.74) is 1.82. The number of phenolic OH excluding ortho intramolecular Hbond substituents is 1. The van der Waals surface area contributed by atoms with Crippen LogP contribution in [0.25, 0.3) is 10.9 Å². The molecule has 12 N–H and O–H groups in total. The minimum atomic E-state index is -1.67. The number of H-pyrrole nitrogens is 1. The monoisotopic (exact) mass is 877 g/mol. The van der Waals surface area contributed by atoms with Gasteiger partial charge in [0.2, 0.25) is 47.3 Å². The molecule has 3 aromatic rings. The van der Waals surface area contributed by atoms with Gasteiger partial charge in [-0.05, 0) is 55.0 Å². The summed E-state index contributed by atoms with van der Waals surface area (Å²) in [6.45, 7) is 1.84. The van der Waals surface area contributed by atoms with Gasteiger partial charge in [-0.2, -0.15) is 0 Å². The predicted octanol–water partition coefficient (Wildman–Crippen LogP) is -3.29. The maximum absolute atomic E-state index is 14.6. The summed E-state index contributed by atoms with van der Waals surface area (Å²) in [6.07, 6.45) is 0.289. The Kier molecular flexibility index (Phi) is 16.2. The highest BCUT2D eigenvalue weighted by Gasteiger charge is 2.41. The third-order valence-corrected chi connectivity index (χ3v) is 10.9. The van der Waals surface area contributed by atoms with E-state index in [-0.39, 0.29) is 31.6 Å². The molecular weight excluding hydrogens is 823 g/mol. The van der Waals surface area contributed by atoms with Crippen LogP contribution in [0.2, 0.25) is 0 Å². The first-order chi connectivity index (χ1) is 30.0. The molecule has 2 aromatic carbocycles. The van der Waals surface area contributed by atoms with E-state index in [2.05, 4.69) is 42.2 Å². The molecule has 1 aromatic heterocycles. The molecule has 2 aliphatic rings. The van der Waals surface area contributed by atoms with E-state index >= 15 is 0 Å². The minimum absolute atomic E-state index is 0.0534. The van der Waals surface area contributed by atoms with E-state index < -0.39 is 121 Å². The van der Waals surface area contributed by atoms with Crippen molar-refractivity contribution in [3.8, 4) is 5.75 Å². The summed E-state index contributed by atoms with van der Waals surface area (Å²) in [5.74, 6) is -7.90. The van der Waals surface area contributed by atoms with Crippen LogP contribution in [-0.4, -0.2) is 152 Å². The Morgan fingerprint density at radius 1 is 0.667 bits per heavy atom. The summed E-state index contributed by atoms with van der Waals surface area (Å²) in [6, 6.07) is 2.75. The molecule has 5 rings (SSSR count). The zero-order valence-electron chi connectivity index (χ0n) is 35.1. The van der Waals surface area contributed by atoms with Gasteiger partial charge in [0.05, 0.1) is 25.9 Å². The number of aromatic hydroxyl groups is 1. The van der Waals surface area contributed by atoms with E-state index in [0.717, 1.165) is 10.9 Å². The fraction of sp³-hybridized carbons (Fsp3) is 0.476. The maximum Gasteiger partial charge on any atom is 0.246 e. The van der Waals surface area contributed by atoms with Crippen molar-refractivity contribution in [2.24, 2.45) is 5.92 Å². The Morgan fingerprint density at radius 3 is 1.94 bits per heavy atom. The van der Waals surface area contributed by atoms with Crippen LogP contribution in [-0.2, 0) is 51.2 Å². The Bertz CT molecular complexity index is 2160. The maximum atomic E-state index is 14.6. The Labute approximate surface area is 362 Å². The molecule has 3 heterocycles. The number of aliphatic hydroxyl groups is 3. The lowest BCUT2D eigenvalue weighted by Gasteiger charge is -2.31. The van der Waals surface area contributed by atoms with Crippen LogP contribution in [0, 0.1) is 5.92 Å². The second-order valence-electron chi connectivity index (χ2n) is 16.0.